The number of phenols is 1. The summed E-state index contributed by atoms with van der Waals surface area (Å²) in [7, 11) is 2.03. The van der Waals surface area contributed by atoms with Gasteiger partial charge in [-0.3, -0.25) is 0 Å². The molecule has 2 aromatic rings. The van der Waals surface area contributed by atoms with E-state index in [-0.39, 0.29) is 17.8 Å². The van der Waals surface area contributed by atoms with Gasteiger partial charge in [-0.15, -0.1) is 0 Å². The molecule has 3 rings (SSSR count). The largest absolute Gasteiger partial charge is 0.508 e. The Labute approximate surface area is 142 Å². The van der Waals surface area contributed by atoms with Crippen molar-refractivity contribution in [2.45, 2.75) is 31.7 Å². The van der Waals surface area contributed by atoms with Crippen molar-refractivity contribution in [3.05, 3.63) is 53.9 Å². The number of aromatic nitrogens is 1. The summed E-state index contributed by atoms with van der Waals surface area (Å²) in [5.74, 6) is 0.263. The average molecular weight is 327 g/mol. The Morgan fingerprint density at radius 3 is 2.92 bits per heavy atom. The molecule has 24 heavy (non-hydrogen) atoms. The van der Waals surface area contributed by atoms with Gasteiger partial charge in [0.2, 0.25) is 0 Å². The van der Waals surface area contributed by atoms with Gasteiger partial charge in [0.15, 0.2) is 0 Å². The topological polar surface area (TPSA) is 57.5 Å². The van der Waals surface area contributed by atoms with E-state index >= 15 is 0 Å². The maximum Gasteiger partial charge on any atom is 0.317 e. The highest BCUT2D eigenvalue weighted by atomic mass is 16.3. The first-order valence-corrected chi connectivity index (χ1v) is 8.59. The fraction of sp³-hybridized carbons (Fsp3) is 0.421. The molecule has 5 heteroatoms. The Bertz CT molecular complexity index is 695. The lowest BCUT2D eigenvalue weighted by Crippen LogP contribution is -2.45. The van der Waals surface area contributed by atoms with Crippen molar-refractivity contribution in [3.63, 3.8) is 0 Å². The molecule has 1 atom stereocenters. The molecule has 1 aliphatic rings. The summed E-state index contributed by atoms with van der Waals surface area (Å²) in [6.45, 7) is 1.37. The number of benzene rings is 1. The van der Waals surface area contributed by atoms with Gasteiger partial charge < -0.3 is 19.9 Å². The molecule has 1 fully saturated rings. The summed E-state index contributed by atoms with van der Waals surface area (Å²) in [5, 5.41) is 12.5. The van der Waals surface area contributed by atoms with E-state index in [9.17, 15) is 9.90 Å². The molecule has 1 aromatic heterocycles. The van der Waals surface area contributed by atoms with Crippen LogP contribution in [0.4, 0.5) is 4.79 Å². The molecule has 0 bridgehead atoms. The number of likely N-dealkylation sites (tertiary alicyclic amines) is 1. The van der Waals surface area contributed by atoms with Crippen molar-refractivity contribution < 1.29 is 9.90 Å². The van der Waals surface area contributed by atoms with Crippen LogP contribution in [-0.4, -0.2) is 33.7 Å². The first-order valence-electron chi connectivity index (χ1n) is 8.59. The highest BCUT2D eigenvalue weighted by molar-refractivity contribution is 5.74. The Balaban J connectivity index is 1.59. The predicted molar refractivity (Wildman–Crippen MR) is 93.9 cm³/mol. The van der Waals surface area contributed by atoms with E-state index in [2.05, 4.69) is 16.0 Å². The number of amides is 2. The van der Waals surface area contributed by atoms with Crippen molar-refractivity contribution in [2.24, 2.45) is 7.05 Å². The van der Waals surface area contributed by atoms with Crippen LogP contribution in [0.25, 0.3) is 0 Å². The normalized spacial score (nSPS) is 17.7. The van der Waals surface area contributed by atoms with Gasteiger partial charge in [-0.05, 0) is 55.5 Å². The molecule has 128 valence electrons. The van der Waals surface area contributed by atoms with Gasteiger partial charge in [0.25, 0.3) is 0 Å². The number of carbonyl (C=O) groups excluding carboxylic acids is 1. The van der Waals surface area contributed by atoms with E-state index in [4.69, 9.17) is 0 Å². The fourth-order valence-electron chi connectivity index (χ4n) is 3.43. The van der Waals surface area contributed by atoms with Crippen molar-refractivity contribution in [2.75, 3.05) is 13.1 Å². The molecule has 0 saturated carbocycles. The van der Waals surface area contributed by atoms with Gasteiger partial charge in [-0.2, -0.15) is 0 Å². The summed E-state index contributed by atoms with van der Waals surface area (Å²) < 4.78 is 2.10. The van der Waals surface area contributed by atoms with Crippen molar-refractivity contribution >= 4 is 6.03 Å². The van der Waals surface area contributed by atoms with E-state index in [1.165, 1.54) is 5.69 Å². The SMILES string of the molecule is Cn1cccc1[C@H]1CCCCN1C(=O)NCCc1cccc(O)c1. The molecule has 0 unspecified atom stereocenters. The van der Waals surface area contributed by atoms with E-state index in [1.54, 1.807) is 12.1 Å². The number of aryl methyl sites for hydroxylation is 1. The van der Waals surface area contributed by atoms with Gasteiger partial charge in [0.1, 0.15) is 5.75 Å². The van der Waals surface area contributed by atoms with Gasteiger partial charge in [0.05, 0.1) is 6.04 Å². The summed E-state index contributed by atoms with van der Waals surface area (Å²) in [4.78, 5) is 14.6. The zero-order valence-electron chi connectivity index (χ0n) is 14.1. The minimum atomic E-state index is 0.000975. The van der Waals surface area contributed by atoms with E-state index in [0.717, 1.165) is 31.4 Å². The van der Waals surface area contributed by atoms with Gasteiger partial charge >= 0.3 is 6.03 Å². The number of nitrogens with zero attached hydrogens (tertiary/aromatic N) is 2. The number of rotatable bonds is 4. The molecule has 2 heterocycles. The van der Waals surface area contributed by atoms with Gasteiger partial charge in [-0.1, -0.05) is 12.1 Å². The molecule has 1 aliphatic heterocycles. The summed E-state index contributed by atoms with van der Waals surface area (Å²) in [5.41, 5.74) is 2.21. The minimum Gasteiger partial charge on any atom is -0.508 e. The third-order valence-electron chi connectivity index (χ3n) is 4.69. The Morgan fingerprint density at radius 1 is 1.29 bits per heavy atom. The highest BCUT2D eigenvalue weighted by Gasteiger charge is 2.29. The van der Waals surface area contributed by atoms with Crippen LogP contribution in [-0.2, 0) is 13.5 Å². The number of nitrogens with one attached hydrogen (secondary N) is 1. The summed E-state index contributed by atoms with van der Waals surface area (Å²) in [6, 6.07) is 11.5. The molecule has 0 spiro atoms. The van der Waals surface area contributed by atoms with Crippen LogP contribution < -0.4 is 5.32 Å². The third kappa shape index (κ3) is 3.72. The molecule has 2 amide bonds. The number of carbonyl (C=O) groups is 1. The lowest BCUT2D eigenvalue weighted by Gasteiger charge is -2.36. The zero-order chi connectivity index (χ0) is 16.9. The molecular weight excluding hydrogens is 302 g/mol. The number of hydrogen-bond acceptors (Lipinski definition) is 2. The van der Waals surface area contributed by atoms with E-state index in [1.807, 2.05) is 36.3 Å². The zero-order valence-corrected chi connectivity index (χ0v) is 14.1. The van der Waals surface area contributed by atoms with Crippen molar-refractivity contribution in [1.29, 1.82) is 0 Å². The number of piperidine rings is 1. The van der Waals surface area contributed by atoms with Crippen LogP contribution >= 0.6 is 0 Å². The second kappa shape index (κ2) is 7.43. The molecule has 2 N–H and O–H groups in total. The highest BCUT2D eigenvalue weighted by Crippen LogP contribution is 2.30. The van der Waals surface area contributed by atoms with Crippen LogP contribution in [0.3, 0.4) is 0 Å². The molecule has 1 saturated heterocycles. The van der Waals surface area contributed by atoms with Gasteiger partial charge in [-0.25, -0.2) is 4.79 Å². The third-order valence-corrected chi connectivity index (χ3v) is 4.69. The molecular formula is C19H25N3O2. The number of aromatic hydroxyl groups is 1. The molecule has 0 radical (unpaired) electrons. The van der Waals surface area contributed by atoms with Crippen molar-refractivity contribution in [1.82, 2.24) is 14.8 Å². The number of urea groups is 1. The summed E-state index contributed by atoms with van der Waals surface area (Å²) >= 11 is 0. The van der Waals surface area contributed by atoms with Crippen LogP contribution in [0, 0.1) is 0 Å². The quantitative estimate of drug-likeness (QED) is 0.906. The monoisotopic (exact) mass is 327 g/mol. The minimum absolute atomic E-state index is 0.000975. The van der Waals surface area contributed by atoms with Crippen LogP contribution in [0.2, 0.25) is 0 Å². The lowest BCUT2D eigenvalue weighted by atomic mass is 9.99. The Hall–Kier alpha value is -2.43. The Kier molecular flexibility index (Phi) is 5.08. The van der Waals surface area contributed by atoms with Crippen LogP contribution in [0.5, 0.6) is 5.75 Å². The second-order valence-electron chi connectivity index (χ2n) is 6.40. The molecule has 5 nitrogen and oxygen atoms in total. The maximum atomic E-state index is 12.6. The predicted octanol–water partition coefficient (Wildman–Crippen LogP) is 3.21. The number of hydrogen-bond donors (Lipinski definition) is 2. The Morgan fingerprint density at radius 2 is 2.17 bits per heavy atom. The maximum absolute atomic E-state index is 12.6. The molecule has 0 aliphatic carbocycles. The molecule has 1 aromatic carbocycles. The first kappa shape index (κ1) is 16.4. The standard InChI is InChI=1S/C19H25N3O2/c1-21-12-5-9-17(21)18-8-2-3-13-22(18)19(24)20-11-10-15-6-4-7-16(23)14-15/h4-7,9,12,14,18,23H,2-3,8,10-11,13H2,1H3,(H,20,24)/t18-/m1/s1. The van der Waals surface area contributed by atoms with E-state index in [0.29, 0.717) is 13.0 Å². The van der Waals surface area contributed by atoms with Crippen LogP contribution in [0.1, 0.15) is 36.6 Å². The summed E-state index contributed by atoms with van der Waals surface area (Å²) in [6.07, 6.45) is 5.96. The smallest absolute Gasteiger partial charge is 0.317 e. The van der Waals surface area contributed by atoms with Gasteiger partial charge in [0, 0.05) is 32.0 Å². The fourth-order valence-corrected chi connectivity index (χ4v) is 3.43. The average Bonchev–Trinajstić information content (AvgIpc) is 3.01. The first-order chi connectivity index (χ1) is 11.6. The second-order valence-corrected chi connectivity index (χ2v) is 6.40. The van der Waals surface area contributed by atoms with Crippen LogP contribution in [0.15, 0.2) is 42.6 Å². The van der Waals surface area contributed by atoms with E-state index < -0.39 is 0 Å². The van der Waals surface area contributed by atoms with Crippen molar-refractivity contribution in [3.8, 4) is 5.75 Å². The lowest BCUT2D eigenvalue weighted by molar-refractivity contribution is 0.148. The number of phenolic OH excluding ortho intramolecular Hbond substituents is 1.